The molecule has 0 aliphatic carbocycles. The fourth-order valence-corrected chi connectivity index (χ4v) is 2.86. The molecule has 17 heavy (non-hydrogen) atoms. The summed E-state index contributed by atoms with van der Waals surface area (Å²) in [4.78, 5) is 2.38. The number of hydrogen-bond acceptors (Lipinski definition) is 2. The number of piperidine rings is 1. The van der Waals surface area contributed by atoms with Crippen LogP contribution in [0.5, 0.6) is 0 Å². The molecule has 4 heteroatoms. The SMILES string of the molecule is OCC1CCN(Cc2cc(Cl)cc(Cl)c2)CC1. The maximum absolute atomic E-state index is 9.09. The monoisotopic (exact) mass is 273 g/mol. The highest BCUT2D eigenvalue weighted by Gasteiger charge is 2.18. The van der Waals surface area contributed by atoms with Crippen LogP contribution in [0.3, 0.4) is 0 Å². The zero-order valence-electron chi connectivity index (χ0n) is 9.70. The second-order valence-corrected chi connectivity index (χ2v) is 5.55. The molecule has 1 N–H and O–H groups in total. The molecule has 2 rings (SSSR count). The molecule has 0 saturated carbocycles. The third-order valence-electron chi connectivity index (χ3n) is 3.29. The van der Waals surface area contributed by atoms with Crippen molar-refractivity contribution in [3.05, 3.63) is 33.8 Å². The van der Waals surface area contributed by atoms with Crippen molar-refractivity contribution in [3.63, 3.8) is 0 Å². The molecule has 1 saturated heterocycles. The van der Waals surface area contributed by atoms with Gasteiger partial charge in [0.05, 0.1) is 0 Å². The molecule has 2 nitrogen and oxygen atoms in total. The van der Waals surface area contributed by atoms with Gasteiger partial charge in [0.25, 0.3) is 0 Å². The number of benzene rings is 1. The Bertz CT molecular complexity index is 355. The zero-order valence-corrected chi connectivity index (χ0v) is 11.2. The topological polar surface area (TPSA) is 23.5 Å². The Hall–Kier alpha value is -0.280. The molecule has 1 aliphatic heterocycles. The largest absolute Gasteiger partial charge is 0.396 e. The van der Waals surface area contributed by atoms with Gasteiger partial charge >= 0.3 is 0 Å². The minimum absolute atomic E-state index is 0.316. The lowest BCUT2D eigenvalue weighted by Gasteiger charge is -2.31. The second kappa shape index (κ2) is 6.05. The molecule has 0 radical (unpaired) electrons. The average molecular weight is 274 g/mol. The number of aliphatic hydroxyl groups excluding tert-OH is 1. The highest BCUT2D eigenvalue weighted by atomic mass is 35.5. The number of hydrogen-bond donors (Lipinski definition) is 1. The van der Waals surface area contributed by atoms with Crippen molar-refractivity contribution in [2.75, 3.05) is 19.7 Å². The molecule has 1 fully saturated rings. The van der Waals surface area contributed by atoms with Crippen LogP contribution in [0.25, 0.3) is 0 Å². The van der Waals surface area contributed by atoms with Gasteiger partial charge in [-0.3, -0.25) is 4.90 Å². The molecule has 0 amide bonds. The Labute approximate surface area is 112 Å². The summed E-state index contributed by atoms with van der Waals surface area (Å²) in [5, 5.41) is 10.5. The molecule has 0 spiro atoms. The first kappa shape index (κ1) is 13.2. The van der Waals surface area contributed by atoms with Crippen molar-refractivity contribution < 1.29 is 5.11 Å². The van der Waals surface area contributed by atoms with Gasteiger partial charge in [0.1, 0.15) is 0 Å². The lowest BCUT2D eigenvalue weighted by Crippen LogP contribution is -2.34. The van der Waals surface area contributed by atoms with E-state index >= 15 is 0 Å². The Kier molecular flexibility index (Phi) is 4.69. The maximum atomic E-state index is 9.09. The van der Waals surface area contributed by atoms with E-state index in [-0.39, 0.29) is 0 Å². The molecular formula is C13H17Cl2NO. The minimum Gasteiger partial charge on any atom is -0.396 e. The quantitative estimate of drug-likeness (QED) is 0.915. The van der Waals surface area contributed by atoms with E-state index in [2.05, 4.69) is 4.90 Å². The molecule has 1 heterocycles. The molecule has 0 aromatic heterocycles. The van der Waals surface area contributed by atoms with E-state index in [1.54, 1.807) is 6.07 Å². The summed E-state index contributed by atoms with van der Waals surface area (Å²) < 4.78 is 0. The first-order valence-electron chi connectivity index (χ1n) is 5.95. The van der Waals surface area contributed by atoms with Gasteiger partial charge < -0.3 is 5.11 Å². The van der Waals surface area contributed by atoms with Crippen molar-refractivity contribution in [1.82, 2.24) is 4.90 Å². The first-order valence-corrected chi connectivity index (χ1v) is 6.71. The molecule has 1 aromatic carbocycles. The van der Waals surface area contributed by atoms with Gasteiger partial charge in [0.2, 0.25) is 0 Å². The highest BCUT2D eigenvalue weighted by Crippen LogP contribution is 2.22. The van der Waals surface area contributed by atoms with E-state index in [9.17, 15) is 0 Å². The molecular weight excluding hydrogens is 257 g/mol. The third-order valence-corrected chi connectivity index (χ3v) is 3.73. The first-order chi connectivity index (χ1) is 8.17. The van der Waals surface area contributed by atoms with Gasteiger partial charge in [-0.15, -0.1) is 0 Å². The van der Waals surface area contributed by atoms with Crippen LogP contribution in [0, 0.1) is 5.92 Å². The van der Waals surface area contributed by atoms with Gasteiger partial charge in [-0.2, -0.15) is 0 Å². The normalized spacial score (nSPS) is 18.5. The molecule has 0 atom stereocenters. The van der Waals surface area contributed by atoms with E-state index in [0.29, 0.717) is 22.6 Å². The number of rotatable bonds is 3. The van der Waals surface area contributed by atoms with Crippen LogP contribution in [0.15, 0.2) is 18.2 Å². The summed E-state index contributed by atoms with van der Waals surface area (Å²) in [5.74, 6) is 0.481. The van der Waals surface area contributed by atoms with Gasteiger partial charge in [-0.1, -0.05) is 23.2 Å². The van der Waals surface area contributed by atoms with Crippen LogP contribution < -0.4 is 0 Å². The Morgan fingerprint density at radius 1 is 1.12 bits per heavy atom. The van der Waals surface area contributed by atoms with Crippen LogP contribution in [0.2, 0.25) is 10.0 Å². The fourth-order valence-electron chi connectivity index (χ4n) is 2.29. The summed E-state index contributed by atoms with van der Waals surface area (Å²) in [5.41, 5.74) is 1.16. The van der Waals surface area contributed by atoms with Crippen LogP contribution in [0.1, 0.15) is 18.4 Å². The van der Waals surface area contributed by atoms with Crippen LogP contribution in [-0.2, 0) is 6.54 Å². The third kappa shape index (κ3) is 3.85. The van der Waals surface area contributed by atoms with Gasteiger partial charge in [-0.05, 0) is 55.6 Å². The predicted octanol–water partition coefficient (Wildman–Crippen LogP) is 3.20. The zero-order chi connectivity index (χ0) is 12.3. The van der Waals surface area contributed by atoms with Crippen LogP contribution in [0.4, 0.5) is 0 Å². The number of likely N-dealkylation sites (tertiary alicyclic amines) is 1. The van der Waals surface area contributed by atoms with E-state index in [1.807, 2.05) is 12.1 Å². The van der Waals surface area contributed by atoms with Gasteiger partial charge in [0.15, 0.2) is 0 Å². The van der Waals surface area contributed by atoms with Gasteiger partial charge in [-0.25, -0.2) is 0 Å². The summed E-state index contributed by atoms with van der Waals surface area (Å²) in [7, 11) is 0. The van der Waals surface area contributed by atoms with Crippen molar-refractivity contribution in [1.29, 1.82) is 0 Å². The van der Waals surface area contributed by atoms with E-state index in [4.69, 9.17) is 28.3 Å². The Morgan fingerprint density at radius 3 is 2.24 bits per heavy atom. The summed E-state index contributed by atoms with van der Waals surface area (Å²) in [6.45, 7) is 3.28. The van der Waals surface area contributed by atoms with Crippen LogP contribution in [-0.4, -0.2) is 29.7 Å². The smallest absolute Gasteiger partial charge is 0.0460 e. The van der Waals surface area contributed by atoms with E-state index < -0.39 is 0 Å². The maximum Gasteiger partial charge on any atom is 0.0460 e. The minimum atomic E-state index is 0.316. The number of halogens is 2. The van der Waals surface area contributed by atoms with Crippen molar-refractivity contribution in [3.8, 4) is 0 Å². The summed E-state index contributed by atoms with van der Waals surface area (Å²) >= 11 is 12.0. The lowest BCUT2D eigenvalue weighted by atomic mass is 9.97. The summed E-state index contributed by atoms with van der Waals surface area (Å²) in [6, 6.07) is 5.68. The second-order valence-electron chi connectivity index (χ2n) is 4.68. The Balaban J connectivity index is 1.93. The molecule has 1 aromatic rings. The van der Waals surface area contributed by atoms with Gasteiger partial charge in [0, 0.05) is 23.2 Å². The standard InChI is InChI=1S/C13H17Cl2NO/c14-12-5-11(6-13(15)7-12)8-16-3-1-10(9-17)2-4-16/h5-7,10,17H,1-4,8-9H2. The average Bonchev–Trinajstić information content (AvgIpc) is 2.28. The van der Waals surface area contributed by atoms with Crippen molar-refractivity contribution in [2.45, 2.75) is 19.4 Å². The van der Waals surface area contributed by atoms with E-state index in [1.165, 1.54) is 0 Å². The fraction of sp³-hybridized carbons (Fsp3) is 0.538. The predicted molar refractivity (Wildman–Crippen MR) is 71.5 cm³/mol. The lowest BCUT2D eigenvalue weighted by molar-refractivity contribution is 0.127. The molecule has 0 bridgehead atoms. The van der Waals surface area contributed by atoms with E-state index in [0.717, 1.165) is 38.0 Å². The Morgan fingerprint density at radius 2 is 1.71 bits per heavy atom. The van der Waals surface area contributed by atoms with Crippen molar-refractivity contribution >= 4 is 23.2 Å². The van der Waals surface area contributed by atoms with Crippen LogP contribution >= 0.6 is 23.2 Å². The van der Waals surface area contributed by atoms with Crippen molar-refractivity contribution in [2.24, 2.45) is 5.92 Å². The highest BCUT2D eigenvalue weighted by molar-refractivity contribution is 6.34. The summed E-state index contributed by atoms with van der Waals surface area (Å²) in [6.07, 6.45) is 2.15. The molecule has 0 unspecified atom stereocenters. The molecule has 1 aliphatic rings. The number of aliphatic hydroxyl groups is 1. The molecule has 94 valence electrons. The number of nitrogens with zero attached hydrogens (tertiary/aromatic N) is 1.